The molecule has 1 saturated carbocycles. The van der Waals surface area contributed by atoms with Crippen LogP contribution >= 0.6 is 0 Å². The Labute approximate surface area is 320 Å². The molecular weight excluding hydrogens is 661 g/mol. The molecule has 0 N–H and O–H groups in total. The average Bonchev–Trinajstić information content (AvgIpc) is 3.50. The lowest BCUT2D eigenvalue weighted by Crippen LogP contribution is -2.46. The Hall–Kier alpha value is -4.46. The van der Waals surface area contributed by atoms with Crippen LogP contribution in [0.2, 0.25) is 19.6 Å². The monoisotopic (exact) mass is 718 g/mol. The van der Waals surface area contributed by atoms with Gasteiger partial charge in [-0.25, -0.2) is 9.41 Å². The highest BCUT2D eigenvalue weighted by Gasteiger charge is 2.33. The standard InChI is InChI=1S/C49H57N2OSi/c1-30(2)39-25-35(33-21-23-49(6,7)24-22-33)26-40(31(3)4)47(39)41-28-43(51(9)29-45(41)53(10,11)12)46-32(5)17-19-38-37-20-18-34(27-44(37)52-48(38)46)36-15-13-14-16-42(36)50-8/h13-20,25-31,33H,21-24H2,1-7,9-12H3/q+1/i33D. The van der Waals surface area contributed by atoms with Crippen molar-refractivity contribution in [1.29, 1.82) is 0 Å². The lowest BCUT2D eigenvalue weighted by molar-refractivity contribution is -0.659. The van der Waals surface area contributed by atoms with E-state index < -0.39 is 14.0 Å². The molecule has 1 fully saturated rings. The van der Waals surface area contributed by atoms with Gasteiger partial charge in [0.25, 0.3) is 0 Å². The van der Waals surface area contributed by atoms with E-state index in [0.717, 1.165) is 70.0 Å². The van der Waals surface area contributed by atoms with Crippen LogP contribution in [0.5, 0.6) is 0 Å². The number of fused-ring (bicyclic) bond motifs is 3. The maximum Gasteiger partial charge on any atom is 0.216 e. The Morgan fingerprint density at radius 2 is 1.49 bits per heavy atom. The lowest BCUT2D eigenvalue weighted by atomic mass is 9.70. The van der Waals surface area contributed by atoms with Crippen LogP contribution in [0.1, 0.15) is 109 Å². The van der Waals surface area contributed by atoms with E-state index in [0.29, 0.717) is 22.9 Å². The molecule has 7 rings (SSSR count). The first kappa shape index (κ1) is 35.6. The van der Waals surface area contributed by atoms with Gasteiger partial charge in [0, 0.05) is 23.4 Å². The fraction of sp³-hybridized carbons (Fsp3) is 0.388. The van der Waals surface area contributed by atoms with Crippen LogP contribution in [0.25, 0.3) is 60.3 Å². The fourth-order valence-electron chi connectivity index (χ4n) is 8.57. The van der Waals surface area contributed by atoms with Crippen LogP contribution in [0.15, 0.2) is 83.4 Å². The van der Waals surface area contributed by atoms with Crippen LogP contribution in [0.3, 0.4) is 0 Å². The zero-order valence-corrected chi connectivity index (χ0v) is 34.8. The molecule has 1 aliphatic rings. The highest BCUT2D eigenvalue weighted by molar-refractivity contribution is 6.89. The van der Waals surface area contributed by atoms with Crippen LogP contribution in [0, 0.1) is 18.9 Å². The number of nitrogens with zero attached hydrogens (tertiary/aromatic N) is 2. The van der Waals surface area contributed by atoms with Gasteiger partial charge in [-0.05, 0) is 112 Å². The van der Waals surface area contributed by atoms with Crippen molar-refractivity contribution < 1.29 is 10.4 Å². The summed E-state index contributed by atoms with van der Waals surface area (Å²) in [7, 11) is 0.337. The number of para-hydroxylation sites is 1. The number of rotatable bonds is 7. The molecule has 4 aromatic carbocycles. The Kier molecular flexibility index (Phi) is 9.22. The van der Waals surface area contributed by atoms with Gasteiger partial charge < -0.3 is 4.42 Å². The highest BCUT2D eigenvalue weighted by Crippen LogP contribution is 2.46. The second kappa shape index (κ2) is 13.7. The SMILES string of the molecule is [2H]C1(c2cc(C(C)C)c(-c3cc(-c4c(C)ccc5c4oc4cc(-c6ccccc6[N+]#[C-])ccc45)[n+](C)cc3[Si](C)(C)C)c(C(C)C)c2)CCC(C)(C)CC1. The summed E-state index contributed by atoms with van der Waals surface area (Å²) in [6.45, 7) is 31.3. The molecule has 4 heteroatoms. The quantitative estimate of drug-likeness (QED) is 0.0915. The third kappa shape index (κ3) is 6.78. The second-order valence-corrected chi connectivity index (χ2v) is 23.1. The molecule has 272 valence electrons. The number of aromatic nitrogens is 1. The summed E-state index contributed by atoms with van der Waals surface area (Å²) in [5.74, 6) is 0.0507. The summed E-state index contributed by atoms with van der Waals surface area (Å²) >= 11 is 0. The van der Waals surface area contributed by atoms with E-state index in [4.69, 9.17) is 11.0 Å². The van der Waals surface area contributed by atoms with Gasteiger partial charge in [-0.15, -0.1) is 0 Å². The van der Waals surface area contributed by atoms with Crippen molar-refractivity contribution in [3.05, 3.63) is 113 Å². The van der Waals surface area contributed by atoms with Crippen molar-refractivity contribution in [1.82, 2.24) is 0 Å². The van der Waals surface area contributed by atoms with E-state index in [1.807, 2.05) is 24.3 Å². The molecule has 6 aromatic rings. The van der Waals surface area contributed by atoms with Gasteiger partial charge in [-0.3, -0.25) is 0 Å². The summed E-state index contributed by atoms with van der Waals surface area (Å²) < 4.78 is 19.0. The van der Waals surface area contributed by atoms with Gasteiger partial charge >= 0.3 is 0 Å². The smallest absolute Gasteiger partial charge is 0.216 e. The van der Waals surface area contributed by atoms with Crippen LogP contribution in [-0.2, 0) is 7.05 Å². The van der Waals surface area contributed by atoms with Gasteiger partial charge in [0.2, 0.25) is 5.69 Å². The summed E-state index contributed by atoms with van der Waals surface area (Å²) in [6.07, 6.45) is 6.41. The van der Waals surface area contributed by atoms with E-state index in [2.05, 4.69) is 139 Å². The molecule has 2 heterocycles. The van der Waals surface area contributed by atoms with E-state index in [-0.39, 0.29) is 0 Å². The normalized spacial score (nSPS) is 16.0. The summed E-state index contributed by atoms with van der Waals surface area (Å²) in [4.78, 5) is 3.78. The van der Waals surface area contributed by atoms with Crippen molar-refractivity contribution >= 4 is 40.9 Å². The molecule has 0 bridgehead atoms. The van der Waals surface area contributed by atoms with Crippen molar-refractivity contribution in [3.8, 4) is 33.5 Å². The van der Waals surface area contributed by atoms with Crippen molar-refractivity contribution in [3.63, 3.8) is 0 Å². The van der Waals surface area contributed by atoms with E-state index in [1.165, 1.54) is 38.6 Å². The summed E-state index contributed by atoms with van der Waals surface area (Å²) in [6, 6.07) is 25.9. The van der Waals surface area contributed by atoms with Crippen LogP contribution in [0.4, 0.5) is 5.69 Å². The predicted molar refractivity (Wildman–Crippen MR) is 228 cm³/mol. The number of furan rings is 1. The summed E-state index contributed by atoms with van der Waals surface area (Å²) in [5.41, 5.74) is 14.6. The summed E-state index contributed by atoms with van der Waals surface area (Å²) in [5, 5.41) is 3.62. The number of pyridine rings is 1. The Morgan fingerprint density at radius 1 is 0.849 bits per heavy atom. The molecule has 0 aliphatic heterocycles. The molecule has 2 aromatic heterocycles. The molecule has 0 spiro atoms. The third-order valence-corrected chi connectivity index (χ3v) is 13.9. The average molecular weight is 719 g/mol. The van der Waals surface area contributed by atoms with Crippen molar-refractivity contribution in [2.24, 2.45) is 12.5 Å². The molecule has 0 unspecified atom stereocenters. The minimum absolute atomic E-state index is 0.302. The van der Waals surface area contributed by atoms with Gasteiger partial charge in [-0.2, -0.15) is 0 Å². The zero-order chi connectivity index (χ0) is 38.9. The first-order chi connectivity index (χ1) is 25.4. The number of hydrogen-bond acceptors (Lipinski definition) is 1. The second-order valence-electron chi connectivity index (χ2n) is 18.0. The molecule has 0 amide bonds. The number of aryl methyl sites for hydroxylation is 2. The Morgan fingerprint density at radius 3 is 2.11 bits per heavy atom. The first-order valence-electron chi connectivity index (χ1n) is 20.1. The van der Waals surface area contributed by atoms with Gasteiger partial charge in [0.05, 0.1) is 20.2 Å². The maximum atomic E-state index is 9.81. The largest absolute Gasteiger partial charge is 0.455 e. The topological polar surface area (TPSA) is 21.4 Å². The van der Waals surface area contributed by atoms with Gasteiger partial charge in [0.15, 0.2) is 11.9 Å². The lowest BCUT2D eigenvalue weighted by Gasteiger charge is -2.35. The number of hydrogen-bond donors (Lipinski definition) is 0. The molecule has 0 radical (unpaired) electrons. The third-order valence-electron chi connectivity index (χ3n) is 11.9. The first-order valence-corrected chi connectivity index (χ1v) is 23.1. The van der Waals surface area contributed by atoms with E-state index in [9.17, 15) is 1.37 Å². The van der Waals surface area contributed by atoms with Crippen molar-refractivity contribution in [2.75, 3.05) is 0 Å². The molecular formula is C49H57N2OSi+. The predicted octanol–water partition coefficient (Wildman–Crippen LogP) is 13.7. The van der Waals surface area contributed by atoms with Crippen LogP contribution < -0.4 is 9.75 Å². The van der Waals surface area contributed by atoms with E-state index in [1.54, 1.807) is 0 Å². The zero-order valence-electron chi connectivity index (χ0n) is 34.8. The minimum atomic E-state index is -1.85. The Balaban J connectivity index is 1.48. The van der Waals surface area contributed by atoms with Crippen molar-refractivity contribution in [2.45, 2.75) is 112 Å². The van der Waals surface area contributed by atoms with Gasteiger partial charge in [-0.1, -0.05) is 116 Å². The van der Waals surface area contributed by atoms with Gasteiger partial charge in [0.1, 0.15) is 18.2 Å². The van der Waals surface area contributed by atoms with E-state index >= 15 is 0 Å². The molecule has 0 saturated heterocycles. The van der Waals surface area contributed by atoms with Crippen LogP contribution in [-0.4, -0.2) is 8.07 Å². The number of benzene rings is 4. The fourth-order valence-corrected chi connectivity index (χ4v) is 10.2. The molecule has 1 aliphatic carbocycles. The molecule has 3 nitrogen and oxygen atoms in total. The molecule has 0 atom stereocenters. The Bertz CT molecular complexity index is 2430. The maximum absolute atomic E-state index is 9.81. The highest BCUT2D eigenvalue weighted by atomic mass is 28.3. The molecule has 53 heavy (non-hydrogen) atoms. The minimum Gasteiger partial charge on any atom is -0.455 e.